The van der Waals surface area contributed by atoms with Crippen molar-refractivity contribution in [3.05, 3.63) is 29.8 Å². The fourth-order valence-electron chi connectivity index (χ4n) is 2.63. The van der Waals surface area contributed by atoms with Gasteiger partial charge in [-0.1, -0.05) is 31.5 Å². The Labute approximate surface area is 111 Å². The van der Waals surface area contributed by atoms with Crippen LogP contribution in [-0.2, 0) is 6.42 Å². The van der Waals surface area contributed by atoms with Crippen LogP contribution in [0, 0.1) is 5.92 Å². The summed E-state index contributed by atoms with van der Waals surface area (Å²) in [5.74, 6) is 1.69. The number of rotatable bonds is 4. The van der Waals surface area contributed by atoms with Gasteiger partial charge in [0.05, 0.1) is 0 Å². The summed E-state index contributed by atoms with van der Waals surface area (Å²) in [6.45, 7) is 5.76. The molecule has 17 heavy (non-hydrogen) atoms. The Hall–Kier alpha value is -0.630. The molecule has 1 aromatic rings. The Morgan fingerprint density at radius 1 is 1.41 bits per heavy atom. The lowest BCUT2D eigenvalue weighted by atomic mass is 9.95. The molecule has 1 heterocycles. The van der Waals surface area contributed by atoms with Gasteiger partial charge in [-0.25, -0.2) is 0 Å². The number of thiol groups is 1. The summed E-state index contributed by atoms with van der Waals surface area (Å²) in [7, 11) is 0. The summed E-state index contributed by atoms with van der Waals surface area (Å²) in [6, 6.07) is 9.53. The van der Waals surface area contributed by atoms with Crippen LogP contribution in [0.3, 0.4) is 0 Å². The van der Waals surface area contributed by atoms with E-state index in [1.54, 1.807) is 0 Å². The highest BCUT2D eigenvalue weighted by molar-refractivity contribution is 7.80. The molecule has 0 N–H and O–H groups in total. The number of hydrogen-bond donors (Lipinski definition) is 1. The van der Waals surface area contributed by atoms with Gasteiger partial charge in [-0.15, -0.1) is 0 Å². The molecule has 0 fully saturated rings. The number of fused-ring (bicyclic) bond motifs is 1. The highest BCUT2D eigenvalue weighted by Gasteiger charge is 2.24. The first kappa shape index (κ1) is 12.8. The molecule has 1 nitrogen and oxygen atoms in total. The van der Waals surface area contributed by atoms with Crippen molar-refractivity contribution in [2.75, 3.05) is 17.2 Å². The fourth-order valence-corrected chi connectivity index (χ4v) is 3.01. The predicted molar refractivity (Wildman–Crippen MR) is 79.2 cm³/mol. The van der Waals surface area contributed by atoms with Gasteiger partial charge in [-0.3, -0.25) is 0 Å². The molecule has 2 atom stereocenters. The van der Waals surface area contributed by atoms with Crippen molar-refractivity contribution in [3.63, 3.8) is 0 Å². The van der Waals surface area contributed by atoms with E-state index in [1.807, 2.05) is 0 Å². The van der Waals surface area contributed by atoms with Crippen LogP contribution in [0.15, 0.2) is 24.3 Å². The smallest absolute Gasteiger partial charge is 0.0401 e. The number of para-hydroxylation sites is 1. The largest absolute Gasteiger partial charge is 0.368 e. The van der Waals surface area contributed by atoms with Gasteiger partial charge in [0, 0.05) is 18.3 Å². The third-order valence-corrected chi connectivity index (χ3v) is 4.47. The molecule has 94 valence electrons. The van der Waals surface area contributed by atoms with Crippen LogP contribution in [0.2, 0.25) is 0 Å². The fraction of sp³-hybridized carbons (Fsp3) is 0.600. The van der Waals surface area contributed by atoms with Gasteiger partial charge in [-0.2, -0.15) is 12.6 Å². The quantitative estimate of drug-likeness (QED) is 0.795. The van der Waals surface area contributed by atoms with Crippen molar-refractivity contribution >= 4 is 18.3 Å². The van der Waals surface area contributed by atoms with Crippen LogP contribution in [0.1, 0.15) is 32.3 Å². The van der Waals surface area contributed by atoms with Crippen LogP contribution in [0.5, 0.6) is 0 Å². The molecule has 2 unspecified atom stereocenters. The van der Waals surface area contributed by atoms with Gasteiger partial charge in [0.2, 0.25) is 0 Å². The topological polar surface area (TPSA) is 3.24 Å². The van der Waals surface area contributed by atoms with Crippen LogP contribution < -0.4 is 4.90 Å². The Morgan fingerprint density at radius 3 is 2.88 bits per heavy atom. The SMILES string of the molecule is CCC(CS)CN1c2ccccc2CCC1C. The van der Waals surface area contributed by atoms with Gasteiger partial charge in [-0.05, 0) is 43.1 Å². The molecule has 0 aliphatic carbocycles. The summed E-state index contributed by atoms with van der Waals surface area (Å²) in [5.41, 5.74) is 2.96. The molecule has 0 amide bonds. The standard InChI is InChI=1S/C15H23NS/c1-3-13(11-17)10-16-12(2)8-9-14-6-4-5-7-15(14)16/h4-7,12-13,17H,3,8-11H2,1-2H3. The number of benzene rings is 1. The van der Waals surface area contributed by atoms with Crippen molar-refractivity contribution < 1.29 is 0 Å². The average molecular weight is 249 g/mol. The molecule has 1 aliphatic rings. The maximum absolute atomic E-state index is 4.47. The van der Waals surface area contributed by atoms with E-state index in [9.17, 15) is 0 Å². The highest BCUT2D eigenvalue weighted by atomic mass is 32.1. The first-order valence-electron chi connectivity index (χ1n) is 6.71. The van der Waals surface area contributed by atoms with Gasteiger partial charge >= 0.3 is 0 Å². The third kappa shape index (κ3) is 2.79. The Bertz CT molecular complexity index is 360. The van der Waals surface area contributed by atoms with Gasteiger partial charge < -0.3 is 4.90 Å². The van der Waals surface area contributed by atoms with Gasteiger partial charge in [0.15, 0.2) is 0 Å². The number of hydrogen-bond acceptors (Lipinski definition) is 2. The molecular formula is C15H23NS. The number of nitrogens with zero attached hydrogens (tertiary/aromatic N) is 1. The summed E-state index contributed by atoms with van der Waals surface area (Å²) in [6.07, 6.45) is 3.72. The van der Waals surface area contributed by atoms with E-state index in [-0.39, 0.29) is 0 Å². The van der Waals surface area contributed by atoms with Crippen molar-refractivity contribution in [3.8, 4) is 0 Å². The first-order chi connectivity index (χ1) is 8.26. The van der Waals surface area contributed by atoms with E-state index < -0.39 is 0 Å². The lowest BCUT2D eigenvalue weighted by Gasteiger charge is -2.39. The second-order valence-corrected chi connectivity index (χ2v) is 5.49. The van der Waals surface area contributed by atoms with Gasteiger partial charge in [0.1, 0.15) is 0 Å². The third-order valence-electron chi connectivity index (χ3n) is 3.96. The first-order valence-corrected chi connectivity index (χ1v) is 7.35. The second kappa shape index (κ2) is 5.81. The maximum atomic E-state index is 4.47. The minimum Gasteiger partial charge on any atom is -0.368 e. The zero-order valence-electron chi connectivity index (χ0n) is 10.9. The number of anilines is 1. The van der Waals surface area contributed by atoms with Crippen molar-refractivity contribution in [2.24, 2.45) is 5.92 Å². The van der Waals surface area contributed by atoms with E-state index in [4.69, 9.17) is 0 Å². The monoisotopic (exact) mass is 249 g/mol. The molecule has 0 spiro atoms. The summed E-state index contributed by atoms with van der Waals surface area (Å²) in [5, 5.41) is 0. The molecule has 1 aromatic carbocycles. The molecule has 0 saturated carbocycles. The van der Waals surface area contributed by atoms with E-state index in [0.29, 0.717) is 12.0 Å². The van der Waals surface area contributed by atoms with E-state index in [1.165, 1.54) is 30.5 Å². The number of aryl methyl sites for hydroxylation is 1. The molecule has 2 heteroatoms. The molecule has 1 aliphatic heterocycles. The van der Waals surface area contributed by atoms with Crippen LogP contribution >= 0.6 is 12.6 Å². The predicted octanol–water partition coefficient (Wildman–Crippen LogP) is 3.78. The van der Waals surface area contributed by atoms with Crippen LogP contribution in [0.4, 0.5) is 5.69 Å². The normalized spacial score (nSPS) is 21.1. The highest BCUT2D eigenvalue weighted by Crippen LogP contribution is 2.31. The molecule has 2 rings (SSSR count). The van der Waals surface area contributed by atoms with E-state index in [2.05, 4.69) is 55.6 Å². The molecule has 0 saturated heterocycles. The molecule has 0 radical (unpaired) electrons. The van der Waals surface area contributed by atoms with Gasteiger partial charge in [0.25, 0.3) is 0 Å². The minimum atomic E-state index is 0.666. The maximum Gasteiger partial charge on any atom is 0.0401 e. The zero-order valence-corrected chi connectivity index (χ0v) is 11.8. The molecular weight excluding hydrogens is 226 g/mol. The van der Waals surface area contributed by atoms with E-state index in [0.717, 1.165) is 12.3 Å². The Balaban J connectivity index is 2.20. The van der Waals surface area contributed by atoms with Crippen molar-refractivity contribution in [1.82, 2.24) is 0 Å². The second-order valence-electron chi connectivity index (χ2n) is 5.13. The van der Waals surface area contributed by atoms with Crippen molar-refractivity contribution in [2.45, 2.75) is 39.2 Å². The lowest BCUT2D eigenvalue weighted by molar-refractivity contribution is 0.486. The van der Waals surface area contributed by atoms with Crippen LogP contribution in [0.25, 0.3) is 0 Å². The average Bonchev–Trinajstić information content (AvgIpc) is 2.38. The molecule has 0 bridgehead atoms. The Morgan fingerprint density at radius 2 is 2.18 bits per heavy atom. The van der Waals surface area contributed by atoms with E-state index >= 15 is 0 Å². The summed E-state index contributed by atoms with van der Waals surface area (Å²) < 4.78 is 0. The van der Waals surface area contributed by atoms with Crippen LogP contribution in [-0.4, -0.2) is 18.3 Å². The summed E-state index contributed by atoms with van der Waals surface area (Å²) in [4.78, 5) is 2.59. The minimum absolute atomic E-state index is 0.666. The molecule has 0 aromatic heterocycles. The summed E-state index contributed by atoms with van der Waals surface area (Å²) >= 11 is 4.47. The zero-order chi connectivity index (χ0) is 12.3. The Kier molecular flexibility index (Phi) is 4.38. The van der Waals surface area contributed by atoms with Crippen molar-refractivity contribution in [1.29, 1.82) is 0 Å². The lowest BCUT2D eigenvalue weighted by Crippen LogP contribution is -2.40.